The van der Waals surface area contributed by atoms with E-state index in [1.165, 1.54) is 0 Å². The number of carbonyl (C=O) groups is 1. The monoisotopic (exact) mass is 419 g/mol. The zero-order valence-electron chi connectivity index (χ0n) is 16.0. The van der Waals surface area contributed by atoms with Crippen LogP contribution in [0.2, 0.25) is 5.02 Å². The molecule has 1 aliphatic heterocycles. The third-order valence-electron chi connectivity index (χ3n) is 6.23. The molecule has 0 radical (unpaired) electrons. The van der Waals surface area contributed by atoms with E-state index in [4.69, 9.17) is 11.6 Å². The molecule has 1 aliphatic carbocycles. The van der Waals surface area contributed by atoms with Crippen molar-refractivity contribution in [3.05, 3.63) is 59.1 Å². The van der Waals surface area contributed by atoms with Gasteiger partial charge in [0.2, 0.25) is 5.92 Å². The van der Waals surface area contributed by atoms with Gasteiger partial charge in [-0.25, -0.2) is 8.78 Å². The zero-order chi connectivity index (χ0) is 20.6. The molecule has 6 heteroatoms. The van der Waals surface area contributed by atoms with Crippen molar-refractivity contribution in [2.24, 2.45) is 5.92 Å². The van der Waals surface area contributed by atoms with Gasteiger partial charge in [0.1, 0.15) is 0 Å². The molecule has 1 N–H and O–H groups in total. The van der Waals surface area contributed by atoms with Gasteiger partial charge in [0.15, 0.2) is 5.78 Å². The van der Waals surface area contributed by atoms with Crippen molar-refractivity contribution in [1.29, 1.82) is 0 Å². The average molecular weight is 420 g/mol. The van der Waals surface area contributed by atoms with Crippen molar-refractivity contribution in [3.63, 3.8) is 0 Å². The van der Waals surface area contributed by atoms with Crippen LogP contribution < -0.4 is 4.90 Å². The minimum atomic E-state index is -2.62. The predicted octanol–water partition coefficient (Wildman–Crippen LogP) is 5.72. The summed E-state index contributed by atoms with van der Waals surface area (Å²) in [5.74, 6) is -3.20. The van der Waals surface area contributed by atoms with E-state index >= 15 is 0 Å². The Morgan fingerprint density at radius 1 is 1.10 bits per heavy atom. The molecule has 29 heavy (non-hydrogen) atoms. The minimum Gasteiger partial charge on any atom is -0.393 e. The summed E-state index contributed by atoms with van der Waals surface area (Å²) >= 11 is 5.99. The van der Waals surface area contributed by atoms with Crippen LogP contribution in [0.25, 0.3) is 0 Å². The molecule has 1 fully saturated rings. The molecule has 2 unspecified atom stereocenters. The molecule has 2 aromatic carbocycles. The van der Waals surface area contributed by atoms with Crippen molar-refractivity contribution in [1.82, 2.24) is 0 Å². The van der Waals surface area contributed by atoms with Crippen LogP contribution in [0, 0.1) is 5.92 Å². The number of nitrogens with zero attached hydrogens (tertiary/aromatic N) is 1. The highest BCUT2D eigenvalue weighted by atomic mass is 35.5. The number of aliphatic hydroxyl groups excluding tert-OH is 1. The average Bonchev–Trinajstić information content (AvgIpc) is 2.70. The zero-order valence-corrected chi connectivity index (χ0v) is 16.8. The molecule has 3 nitrogen and oxygen atoms in total. The summed E-state index contributed by atoms with van der Waals surface area (Å²) in [5.41, 5.74) is 2.68. The van der Waals surface area contributed by atoms with E-state index < -0.39 is 17.9 Å². The van der Waals surface area contributed by atoms with Crippen LogP contribution in [0.5, 0.6) is 0 Å². The largest absolute Gasteiger partial charge is 0.393 e. The normalized spacial score (nSPS) is 23.0. The number of rotatable bonds is 4. The SMILES string of the molecule is O=C1CN(c2ccc(Cl)cc2)c2ccccc2C1CC(O)C1CCC(F)(F)CC1. The summed E-state index contributed by atoms with van der Waals surface area (Å²) in [6.07, 6.45) is -0.250. The van der Waals surface area contributed by atoms with E-state index in [1.54, 1.807) is 12.1 Å². The third kappa shape index (κ3) is 4.31. The molecular weight excluding hydrogens is 396 g/mol. The van der Waals surface area contributed by atoms with Crippen LogP contribution in [0.4, 0.5) is 20.2 Å². The Balaban J connectivity index is 1.56. The van der Waals surface area contributed by atoms with Gasteiger partial charge < -0.3 is 10.0 Å². The van der Waals surface area contributed by atoms with Gasteiger partial charge in [0, 0.05) is 35.2 Å². The van der Waals surface area contributed by atoms with Crippen molar-refractivity contribution in [3.8, 4) is 0 Å². The van der Waals surface area contributed by atoms with Crippen molar-refractivity contribution >= 4 is 28.8 Å². The van der Waals surface area contributed by atoms with E-state index in [-0.39, 0.29) is 37.5 Å². The topological polar surface area (TPSA) is 40.5 Å². The van der Waals surface area contributed by atoms with Crippen LogP contribution >= 0.6 is 11.6 Å². The van der Waals surface area contributed by atoms with Crippen molar-refractivity contribution in [2.75, 3.05) is 11.4 Å². The first-order valence-electron chi connectivity index (χ1n) is 10.0. The Bertz CT molecular complexity index is 877. The van der Waals surface area contributed by atoms with Crippen LogP contribution in [0.15, 0.2) is 48.5 Å². The number of hydrogen-bond donors (Lipinski definition) is 1. The quantitative estimate of drug-likeness (QED) is 0.688. The molecule has 1 saturated carbocycles. The molecule has 1 heterocycles. The highest BCUT2D eigenvalue weighted by molar-refractivity contribution is 6.30. The molecule has 2 atom stereocenters. The number of Topliss-reactive ketones (excluding diaryl/α,β-unsaturated/α-hetero) is 1. The van der Waals surface area contributed by atoms with Crippen LogP contribution in [0.3, 0.4) is 0 Å². The first-order valence-corrected chi connectivity index (χ1v) is 10.4. The Kier molecular flexibility index (Phi) is 5.63. The summed E-state index contributed by atoms with van der Waals surface area (Å²) in [7, 11) is 0. The number of fused-ring (bicyclic) bond motifs is 1. The van der Waals surface area contributed by atoms with Gasteiger partial charge in [-0.05, 0) is 61.1 Å². The van der Waals surface area contributed by atoms with E-state index in [1.807, 2.05) is 41.3 Å². The molecule has 0 aromatic heterocycles. The number of alkyl halides is 2. The lowest BCUT2D eigenvalue weighted by atomic mass is 9.77. The van der Waals surface area contributed by atoms with E-state index in [2.05, 4.69) is 0 Å². The molecule has 2 aliphatic rings. The highest BCUT2D eigenvalue weighted by Crippen LogP contribution is 2.43. The van der Waals surface area contributed by atoms with Gasteiger partial charge in [0.25, 0.3) is 0 Å². The van der Waals surface area contributed by atoms with E-state index in [0.717, 1.165) is 16.9 Å². The number of para-hydroxylation sites is 1. The minimum absolute atomic E-state index is 0.0267. The summed E-state index contributed by atoms with van der Waals surface area (Å²) in [6, 6.07) is 15.0. The second-order valence-corrected chi connectivity index (χ2v) is 8.57. The maximum atomic E-state index is 13.4. The van der Waals surface area contributed by atoms with Crippen LogP contribution in [0.1, 0.15) is 43.6 Å². The highest BCUT2D eigenvalue weighted by Gasteiger charge is 2.40. The van der Waals surface area contributed by atoms with Crippen LogP contribution in [-0.4, -0.2) is 29.5 Å². The Labute approximate surface area is 174 Å². The van der Waals surface area contributed by atoms with Gasteiger partial charge in [-0.1, -0.05) is 29.8 Å². The number of benzene rings is 2. The van der Waals surface area contributed by atoms with E-state index in [9.17, 15) is 18.7 Å². The molecule has 0 amide bonds. The first-order chi connectivity index (χ1) is 13.8. The fraction of sp³-hybridized carbons (Fsp3) is 0.435. The molecule has 154 valence electrons. The predicted molar refractivity (Wildman–Crippen MR) is 110 cm³/mol. The Morgan fingerprint density at radius 2 is 1.76 bits per heavy atom. The molecular formula is C23H24ClF2NO2. The number of ketones is 1. The summed E-state index contributed by atoms with van der Waals surface area (Å²) in [4.78, 5) is 15.0. The number of anilines is 2. The molecule has 4 rings (SSSR count). The molecule has 0 spiro atoms. The lowest BCUT2D eigenvalue weighted by Crippen LogP contribution is -2.38. The molecule has 0 saturated heterocycles. The van der Waals surface area contributed by atoms with Gasteiger partial charge in [-0.15, -0.1) is 0 Å². The van der Waals surface area contributed by atoms with E-state index in [0.29, 0.717) is 17.9 Å². The summed E-state index contributed by atoms with van der Waals surface area (Å²) < 4.78 is 26.9. The van der Waals surface area contributed by atoms with Gasteiger partial charge in [-0.2, -0.15) is 0 Å². The maximum Gasteiger partial charge on any atom is 0.248 e. The fourth-order valence-electron chi connectivity index (χ4n) is 4.54. The number of aliphatic hydroxyl groups is 1. The molecule has 0 bridgehead atoms. The number of halogens is 3. The summed E-state index contributed by atoms with van der Waals surface area (Å²) in [5, 5.41) is 11.4. The van der Waals surface area contributed by atoms with Crippen molar-refractivity contribution in [2.45, 2.75) is 50.0 Å². The van der Waals surface area contributed by atoms with Crippen molar-refractivity contribution < 1.29 is 18.7 Å². The Hall–Kier alpha value is -1.98. The Morgan fingerprint density at radius 3 is 2.45 bits per heavy atom. The second kappa shape index (κ2) is 8.04. The lowest BCUT2D eigenvalue weighted by molar-refractivity contribution is -0.120. The van der Waals surface area contributed by atoms with Gasteiger partial charge in [0.05, 0.1) is 12.6 Å². The number of hydrogen-bond acceptors (Lipinski definition) is 3. The molecule has 2 aromatic rings. The lowest BCUT2D eigenvalue weighted by Gasteiger charge is -2.37. The summed E-state index contributed by atoms with van der Waals surface area (Å²) in [6.45, 7) is 0.207. The number of carbonyl (C=O) groups excluding carboxylic acids is 1. The standard InChI is InChI=1S/C23H24ClF2NO2/c24-16-5-7-17(8-6-16)27-14-22(29)19(18-3-1-2-4-20(18)27)13-21(28)15-9-11-23(25,26)12-10-15/h1-8,15,19,21,28H,9-14H2. The smallest absolute Gasteiger partial charge is 0.248 e. The third-order valence-corrected chi connectivity index (χ3v) is 6.48. The second-order valence-electron chi connectivity index (χ2n) is 8.14. The first kappa shape index (κ1) is 20.3. The van der Waals surface area contributed by atoms with Gasteiger partial charge in [-0.3, -0.25) is 4.79 Å². The fourth-order valence-corrected chi connectivity index (χ4v) is 4.67. The van der Waals surface area contributed by atoms with Crippen LogP contribution in [-0.2, 0) is 4.79 Å². The maximum absolute atomic E-state index is 13.4. The van der Waals surface area contributed by atoms with Gasteiger partial charge >= 0.3 is 0 Å².